The van der Waals surface area contributed by atoms with E-state index >= 15 is 0 Å². The fraction of sp³-hybridized carbons (Fsp3) is 0. The summed E-state index contributed by atoms with van der Waals surface area (Å²) in [6, 6.07) is 3.55. The molecule has 4 heterocycles. The van der Waals surface area contributed by atoms with E-state index in [2.05, 4.69) is 20.1 Å². The van der Waals surface area contributed by atoms with Crippen LogP contribution in [0.5, 0.6) is 0 Å². The zero-order valence-corrected chi connectivity index (χ0v) is 11.4. The fourth-order valence-corrected chi connectivity index (χ4v) is 2.55. The molecule has 0 saturated carbocycles. The molecule has 0 aliphatic carbocycles. The SMILES string of the molecule is Nc1nc(-c2cnc(N)n3nc(-c4ccco4)nc23)cs1. The van der Waals surface area contributed by atoms with Crippen LogP contribution in [0.2, 0.25) is 0 Å². The van der Waals surface area contributed by atoms with Crippen molar-refractivity contribution in [3.63, 3.8) is 0 Å². The Bertz CT molecular complexity index is 925. The Kier molecular flexibility index (Phi) is 2.42. The summed E-state index contributed by atoms with van der Waals surface area (Å²) >= 11 is 1.35. The molecule has 9 heteroatoms. The Morgan fingerprint density at radius 1 is 1.24 bits per heavy atom. The van der Waals surface area contributed by atoms with Gasteiger partial charge in [0.25, 0.3) is 0 Å². The summed E-state index contributed by atoms with van der Waals surface area (Å²) < 4.78 is 6.77. The Hall–Kier alpha value is -2.94. The number of hydrogen-bond acceptors (Lipinski definition) is 8. The minimum Gasteiger partial charge on any atom is -0.461 e. The van der Waals surface area contributed by atoms with E-state index in [9.17, 15) is 0 Å². The van der Waals surface area contributed by atoms with E-state index in [1.807, 2.05) is 5.38 Å². The average molecular weight is 299 g/mol. The van der Waals surface area contributed by atoms with Gasteiger partial charge in [-0.15, -0.1) is 16.4 Å². The van der Waals surface area contributed by atoms with Gasteiger partial charge in [0.2, 0.25) is 11.8 Å². The van der Waals surface area contributed by atoms with Crippen molar-refractivity contribution in [1.29, 1.82) is 0 Å². The Morgan fingerprint density at radius 3 is 2.86 bits per heavy atom. The number of aromatic nitrogens is 5. The molecule has 0 amide bonds. The first kappa shape index (κ1) is 11.9. The minimum atomic E-state index is 0.238. The first-order chi connectivity index (χ1) is 10.2. The number of nitrogens with two attached hydrogens (primary N) is 2. The third-order valence-electron chi connectivity index (χ3n) is 2.93. The van der Waals surface area contributed by atoms with E-state index in [0.29, 0.717) is 33.6 Å². The number of nitrogen functional groups attached to an aromatic ring is 2. The lowest BCUT2D eigenvalue weighted by Gasteiger charge is -2.00. The average Bonchev–Trinajstić information content (AvgIpc) is 3.18. The molecule has 0 saturated heterocycles. The summed E-state index contributed by atoms with van der Waals surface area (Å²) in [5.41, 5.74) is 13.5. The lowest BCUT2D eigenvalue weighted by molar-refractivity contribution is 0.577. The smallest absolute Gasteiger partial charge is 0.223 e. The molecular weight excluding hydrogens is 290 g/mol. The second kappa shape index (κ2) is 4.28. The van der Waals surface area contributed by atoms with Crippen LogP contribution in [0.15, 0.2) is 34.4 Å². The predicted molar refractivity (Wildman–Crippen MR) is 78.4 cm³/mol. The molecule has 0 fully saturated rings. The maximum absolute atomic E-state index is 5.85. The highest BCUT2D eigenvalue weighted by atomic mass is 32.1. The summed E-state index contributed by atoms with van der Waals surface area (Å²) in [6.45, 7) is 0. The molecule has 0 aliphatic rings. The van der Waals surface area contributed by atoms with E-state index in [1.54, 1.807) is 24.6 Å². The van der Waals surface area contributed by atoms with Crippen molar-refractivity contribution in [2.75, 3.05) is 11.5 Å². The van der Waals surface area contributed by atoms with E-state index in [0.717, 1.165) is 0 Å². The predicted octanol–water partition coefficient (Wildman–Crippen LogP) is 1.67. The van der Waals surface area contributed by atoms with E-state index in [-0.39, 0.29) is 5.95 Å². The Morgan fingerprint density at radius 2 is 2.14 bits per heavy atom. The van der Waals surface area contributed by atoms with Crippen molar-refractivity contribution >= 4 is 28.1 Å². The molecule has 4 aromatic rings. The van der Waals surface area contributed by atoms with Gasteiger partial charge in [-0.2, -0.15) is 4.52 Å². The number of hydrogen-bond donors (Lipinski definition) is 2. The van der Waals surface area contributed by atoms with E-state index in [4.69, 9.17) is 15.9 Å². The van der Waals surface area contributed by atoms with Crippen LogP contribution < -0.4 is 11.5 Å². The van der Waals surface area contributed by atoms with Crippen LogP contribution in [-0.2, 0) is 0 Å². The number of thiazole rings is 1. The van der Waals surface area contributed by atoms with E-state index < -0.39 is 0 Å². The van der Waals surface area contributed by atoms with Crippen LogP contribution in [0.3, 0.4) is 0 Å². The molecule has 4 rings (SSSR count). The van der Waals surface area contributed by atoms with Crippen molar-refractivity contribution in [2.45, 2.75) is 0 Å². The minimum absolute atomic E-state index is 0.238. The topological polar surface area (TPSA) is 121 Å². The lowest BCUT2D eigenvalue weighted by atomic mass is 10.2. The van der Waals surface area contributed by atoms with E-state index in [1.165, 1.54) is 15.9 Å². The van der Waals surface area contributed by atoms with Crippen LogP contribution in [-0.4, -0.2) is 24.6 Å². The monoisotopic (exact) mass is 299 g/mol. The number of fused-ring (bicyclic) bond motifs is 1. The van der Waals surface area contributed by atoms with Crippen LogP contribution in [0, 0.1) is 0 Å². The number of rotatable bonds is 2. The fourth-order valence-electron chi connectivity index (χ4n) is 1.99. The Balaban J connectivity index is 1.98. The highest BCUT2D eigenvalue weighted by molar-refractivity contribution is 7.13. The van der Waals surface area contributed by atoms with Gasteiger partial charge in [-0.1, -0.05) is 0 Å². The number of furan rings is 1. The molecule has 8 nitrogen and oxygen atoms in total. The zero-order chi connectivity index (χ0) is 14.4. The van der Waals surface area contributed by atoms with Gasteiger partial charge in [0, 0.05) is 11.6 Å². The molecule has 0 radical (unpaired) electrons. The molecule has 21 heavy (non-hydrogen) atoms. The van der Waals surface area contributed by atoms with Gasteiger partial charge >= 0.3 is 0 Å². The molecule has 4 aromatic heterocycles. The van der Waals surface area contributed by atoms with Gasteiger partial charge in [-0.05, 0) is 12.1 Å². The summed E-state index contributed by atoms with van der Waals surface area (Å²) in [4.78, 5) is 12.8. The highest BCUT2D eigenvalue weighted by Gasteiger charge is 2.16. The van der Waals surface area contributed by atoms with Crippen molar-refractivity contribution in [2.24, 2.45) is 0 Å². The van der Waals surface area contributed by atoms with Crippen LogP contribution in [0.1, 0.15) is 0 Å². The van der Waals surface area contributed by atoms with Gasteiger partial charge < -0.3 is 15.9 Å². The Labute approximate surface area is 122 Å². The molecular formula is C12H9N7OS. The maximum atomic E-state index is 5.85. The summed E-state index contributed by atoms with van der Waals surface area (Å²) in [5, 5.41) is 6.63. The molecule has 0 aromatic carbocycles. The molecule has 4 N–H and O–H groups in total. The van der Waals surface area contributed by atoms with Crippen LogP contribution >= 0.6 is 11.3 Å². The third kappa shape index (κ3) is 1.82. The summed E-state index contributed by atoms with van der Waals surface area (Å²) in [5.74, 6) is 1.23. The number of anilines is 2. The zero-order valence-electron chi connectivity index (χ0n) is 10.6. The van der Waals surface area contributed by atoms with Gasteiger partial charge in [0.15, 0.2) is 16.5 Å². The van der Waals surface area contributed by atoms with Gasteiger partial charge in [-0.3, -0.25) is 0 Å². The molecule has 104 valence electrons. The normalized spacial score (nSPS) is 11.2. The van der Waals surface area contributed by atoms with Crippen molar-refractivity contribution in [3.05, 3.63) is 30.0 Å². The quantitative estimate of drug-likeness (QED) is 0.577. The first-order valence-electron chi connectivity index (χ1n) is 5.99. The third-order valence-corrected chi connectivity index (χ3v) is 3.60. The molecule has 0 atom stereocenters. The van der Waals surface area contributed by atoms with Crippen molar-refractivity contribution in [3.8, 4) is 22.8 Å². The van der Waals surface area contributed by atoms with Gasteiger partial charge in [0.1, 0.15) is 0 Å². The van der Waals surface area contributed by atoms with Crippen molar-refractivity contribution < 1.29 is 4.42 Å². The molecule has 0 bridgehead atoms. The summed E-state index contributed by atoms with van der Waals surface area (Å²) in [6.07, 6.45) is 3.17. The first-order valence-corrected chi connectivity index (χ1v) is 6.87. The second-order valence-electron chi connectivity index (χ2n) is 4.25. The maximum Gasteiger partial charge on any atom is 0.223 e. The molecule has 0 spiro atoms. The molecule has 0 aliphatic heterocycles. The summed E-state index contributed by atoms with van der Waals surface area (Å²) in [7, 11) is 0. The highest BCUT2D eigenvalue weighted by Crippen LogP contribution is 2.28. The second-order valence-corrected chi connectivity index (χ2v) is 5.14. The number of nitrogens with zero attached hydrogens (tertiary/aromatic N) is 5. The van der Waals surface area contributed by atoms with Crippen LogP contribution in [0.25, 0.3) is 28.5 Å². The standard InChI is InChI=1S/C12H9N7OS/c13-11-15-4-6(7-5-21-12(14)16-7)10-17-9(18-19(10)11)8-2-1-3-20-8/h1-5H,(H2,13,15)(H2,14,16). The lowest BCUT2D eigenvalue weighted by Crippen LogP contribution is -2.02. The van der Waals surface area contributed by atoms with Crippen LogP contribution in [0.4, 0.5) is 11.1 Å². The van der Waals surface area contributed by atoms with Crippen molar-refractivity contribution in [1.82, 2.24) is 24.6 Å². The largest absolute Gasteiger partial charge is 0.461 e. The van der Waals surface area contributed by atoms with Gasteiger partial charge in [0.05, 0.1) is 17.5 Å². The van der Waals surface area contributed by atoms with Gasteiger partial charge in [-0.25, -0.2) is 15.0 Å². The molecule has 0 unspecified atom stereocenters.